The molecule has 2 aromatic carbocycles. The van der Waals surface area contributed by atoms with E-state index < -0.39 is 4.92 Å². The second-order valence-electron chi connectivity index (χ2n) is 6.96. The van der Waals surface area contributed by atoms with Gasteiger partial charge < -0.3 is 14.4 Å². The molecule has 2 aromatic rings. The maximum atomic E-state index is 13.1. The van der Waals surface area contributed by atoms with Gasteiger partial charge in [0.25, 0.3) is 5.69 Å². The second-order valence-corrected chi connectivity index (χ2v) is 6.96. The minimum Gasteiger partial charge on any atom is -0.497 e. The molecule has 0 N–H and O–H groups in total. The molecule has 0 saturated carbocycles. The zero-order valence-electron chi connectivity index (χ0n) is 17.2. The first kappa shape index (κ1) is 21.3. The lowest BCUT2D eigenvalue weighted by Crippen LogP contribution is -2.36. The molecule has 158 valence electrons. The molecule has 0 aromatic heterocycles. The second kappa shape index (κ2) is 9.87. The van der Waals surface area contributed by atoms with E-state index in [1.54, 1.807) is 26.4 Å². The van der Waals surface area contributed by atoms with Gasteiger partial charge in [0.1, 0.15) is 17.3 Å². The van der Waals surface area contributed by atoms with E-state index in [1.807, 2.05) is 11.0 Å². The quantitative estimate of drug-likeness (QED) is 0.384. The molecule has 0 spiro atoms. The number of aliphatic imine (C=N–C) groups is 1. The Labute approximate surface area is 175 Å². The van der Waals surface area contributed by atoms with Crippen LogP contribution in [0.4, 0.5) is 11.4 Å². The molecule has 0 fully saturated rings. The molecule has 1 aliphatic rings. The summed E-state index contributed by atoms with van der Waals surface area (Å²) in [7, 11) is 3.16. The van der Waals surface area contributed by atoms with Crippen molar-refractivity contribution in [1.82, 2.24) is 0 Å². The highest BCUT2D eigenvalue weighted by atomic mass is 16.6. The summed E-state index contributed by atoms with van der Waals surface area (Å²) < 4.78 is 10.9. The lowest BCUT2D eigenvalue weighted by molar-refractivity contribution is -0.384. The minimum absolute atomic E-state index is 0.0418. The van der Waals surface area contributed by atoms with Crippen molar-refractivity contribution >= 4 is 23.0 Å². The summed E-state index contributed by atoms with van der Waals surface area (Å²) in [5.74, 6) is 1.92. The number of ketones is 1. The van der Waals surface area contributed by atoms with Gasteiger partial charge >= 0.3 is 0 Å². The van der Waals surface area contributed by atoms with Gasteiger partial charge in [-0.15, -0.1) is 0 Å². The SMILES string of the molecule is COc1ccc(OC)c(N(CC(=O)c2ccc([N+](=O)[O-])cc2)C2=NCCCCC2)c1. The smallest absolute Gasteiger partial charge is 0.269 e. The molecular formula is C22H25N3O5. The van der Waals surface area contributed by atoms with E-state index in [4.69, 9.17) is 14.5 Å². The van der Waals surface area contributed by atoms with E-state index in [0.29, 0.717) is 29.3 Å². The number of rotatable bonds is 7. The van der Waals surface area contributed by atoms with Gasteiger partial charge in [-0.05, 0) is 37.1 Å². The van der Waals surface area contributed by atoms with E-state index in [-0.39, 0.29) is 18.0 Å². The highest BCUT2D eigenvalue weighted by molar-refractivity contribution is 6.08. The van der Waals surface area contributed by atoms with E-state index in [9.17, 15) is 14.9 Å². The molecule has 8 heteroatoms. The fourth-order valence-electron chi connectivity index (χ4n) is 3.41. The maximum Gasteiger partial charge on any atom is 0.269 e. The van der Waals surface area contributed by atoms with Crippen LogP contribution in [0.2, 0.25) is 0 Å². The molecule has 0 unspecified atom stereocenters. The fourth-order valence-corrected chi connectivity index (χ4v) is 3.41. The molecule has 8 nitrogen and oxygen atoms in total. The predicted molar refractivity (Wildman–Crippen MR) is 115 cm³/mol. The summed E-state index contributed by atoms with van der Waals surface area (Å²) in [4.78, 5) is 30.0. The van der Waals surface area contributed by atoms with E-state index >= 15 is 0 Å². The monoisotopic (exact) mass is 411 g/mol. The summed E-state index contributed by atoms with van der Waals surface area (Å²) in [6.07, 6.45) is 3.86. The summed E-state index contributed by atoms with van der Waals surface area (Å²) in [6.45, 7) is 0.754. The lowest BCUT2D eigenvalue weighted by Gasteiger charge is -2.27. The van der Waals surface area contributed by atoms with Crippen LogP contribution in [0, 0.1) is 10.1 Å². The number of benzene rings is 2. The third-order valence-corrected chi connectivity index (χ3v) is 5.04. The predicted octanol–water partition coefficient (Wildman–Crippen LogP) is 4.27. The first-order chi connectivity index (χ1) is 14.5. The Bertz CT molecular complexity index is 940. The van der Waals surface area contributed by atoms with E-state index in [2.05, 4.69) is 0 Å². The number of hydrogen-bond acceptors (Lipinski definition) is 7. The molecule has 0 amide bonds. The highest BCUT2D eigenvalue weighted by Crippen LogP contribution is 2.34. The van der Waals surface area contributed by atoms with Gasteiger partial charge in [0.05, 0.1) is 31.4 Å². The zero-order valence-corrected chi connectivity index (χ0v) is 17.2. The van der Waals surface area contributed by atoms with Crippen molar-refractivity contribution in [2.75, 3.05) is 32.2 Å². The number of methoxy groups -OCH3 is 2. The topological polar surface area (TPSA) is 94.3 Å². The fraction of sp³-hybridized carbons (Fsp3) is 0.364. The van der Waals surface area contributed by atoms with Crippen molar-refractivity contribution in [3.05, 3.63) is 58.1 Å². The normalized spacial score (nSPS) is 13.7. The minimum atomic E-state index is -0.484. The van der Waals surface area contributed by atoms with Gasteiger partial charge in [-0.25, -0.2) is 0 Å². The summed E-state index contributed by atoms with van der Waals surface area (Å²) in [6, 6.07) is 11.1. The number of hydrogen-bond donors (Lipinski definition) is 0. The van der Waals surface area contributed by atoms with Crippen LogP contribution < -0.4 is 14.4 Å². The van der Waals surface area contributed by atoms with Gasteiger partial charge in [-0.2, -0.15) is 0 Å². The molecular weight excluding hydrogens is 386 g/mol. The average Bonchev–Trinajstić information content (AvgIpc) is 3.06. The average molecular weight is 411 g/mol. The molecule has 0 atom stereocenters. The molecule has 0 bridgehead atoms. The van der Waals surface area contributed by atoms with Crippen molar-refractivity contribution < 1.29 is 19.2 Å². The van der Waals surface area contributed by atoms with Crippen LogP contribution >= 0.6 is 0 Å². The summed E-state index contributed by atoms with van der Waals surface area (Å²) in [5.41, 5.74) is 1.06. The van der Waals surface area contributed by atoms with Gasteiger partial charge in [0.2, 0.25) is 0 Å². The number of carbonyl (C=O) groups excluding carboxylic acids is 1. The Morgan fingerprint density at radius 2 is 1.87 bits per heavy atom. The Morgan fingerprint density at radius 3 is 2.53 bits per heavy atom. The zero-order chi connectivity index (χ0) is 21.5. The van der Waals surface area contributed by atoms with Crippen LogP contribution in [0.3, 0.4) is 0 Å². The maximum absolute atomic E-state index is 13.1. The number of amidine groups is 1. The molecule has 3 rings (SSSR count). The Kier molecular flexibility index (Phi) is 7.00. The summed E-state index contributed by atoms with van der Waals surface area (Å²) >= 11 is 0. The molecule has 1 heterocycles. The van der Waals surface area contributed by atoms with Crippen LogP contribution in [0.5, 0.6) is 11.5 Å². The van der Waals surface area contributed by atoms with E-state index in [0.717, 1.165) is 31.5 Å². The van der Waals surface area contributed by atoms with E-state index in [1.165, 1.54) is 24.3 Å². The number of anilines is 1. The van der Waals surface area contributed by atoms with Crippen molar-refractivity contribution in [3.63, 3.8) is 0 Å². The van der Waals surface area contributed by atoms with Crippen molar-refractivity contribution in [2.45, 2.75) is 25.7 Å². The molecule has 0 aliphatic carbocycles. The number of nitrogens with zero attached hydrogens (tertiary/aromatic N) is 3. The number of Topliss-reactive ketones (excluding diaryl/α,β-unsaturated/α-hetero) is 1. The number of ether oxygens (including phenoxy) is 2. The molecule has 1 aliphatic heterocycles. The largest absolute Gasteiger partial charge is 0.497 e. The van der Waals surface area contributed by atoms with Gasteiger partial charge in [0.15, 0.2) is 5.78 Å². The number of nitro groups is 1. The number of nitro benzene ring substituents is 1. The standard InChI is InChI=1S/C22H25N3O5/c1-29-18-11-12-21(30-2)19(14-18)24(22-6-4-3-5-13-23-22)15-20(26)16-7-9-17(10-8-16)25(27)28/h7-12,14H,3-6,13,15H2,1-2H3. The van der Waals surface area contributed by atoms with Gasteiger partial charge in [0, 0.05) is 36.7 Å². The Morgan fingerprint density at radius 1 is 1.10 bits per heavy atom. The van der Waals surface area contributed by atoms with Crippen molar-refractivity contribution in [2.24, 2.45) is 4.99 Å². The molecule has 30 heavy (non-hydrogen) atoms. The number of non-ortho nitro benzene ring substituents is 1. The van der Waals surface area contributed by atoms with Crippen LogP contribution in [0.15, 0.2) is 47.5 Å². The van der Waals surface area contributed by atoms with Gasteiger partial charge in [-0.3, -0.25) is 19.9 Å². The van der Waals surface area contributed by atoms with Crippen LogP contribution in [-0.2, 0) is 0 Å². The van der Waals surface area contributed by atoms with Crippen molar-refractivity contribution in [1.29, 1.82) is 0 Å². The lowest BCUT2D eigenvalue weighted by atomic mass is 10.1. The van der Waals surface area contributed by atoms with Crippen LogP contribution in [0.1, 0.15) is 36.0 Å². The number of carbonyl (C=O) groups is 1. The first-order valence-electron chi connectivity index (χ1n) is 9.84. The Hall–Kier alpha value is -3.42. The third kappa shape index (κ3) is 4.94. The summed E-state index contributed by atoms with van der Waals surface area (Å²) in [5, 5.41) is 10.9. The van der Waals surface area contributed by atoms with Crippen LogP contribution in [0.25, 0.3) is 0 Å². The van der Waals surface area contributed by atoms with Crippen LogP contribution in [-0.4, -0.2) is 43.9 Å². The third-order valence-electron chi connectivity index (χ3n) is 5.04. The Balaban J connectivity index is 1.97. The first-order valence-corrected chi connectivity index (χ1v) is 9.84. The van der Waals surface area contributed by atoms with Gasteiger partial charge in [-0.1, -0.05) is 6.42 Å². The van der Waals surface area contributed by atoms with Crippen molar-refractivity contribution in [3.8, 4) is 11.5 Å². The molecule has 0 radical (unpaired) electrons. The molecule has 0 saturated heterocycles. The highest BCUT2D eigenvalue weighted by Gasteiger charge is 2.23.